The third-order valence-corrected chi connectivity index (χ3v) is 5.82. The predicted octanol–water partition coefficient (Wildman–Crippen LogP) is 4.26. The molecule has 7 heteroatoms. The van der Waals surface area contributed by atoms with Crippen molar-refractivity contribution >= 4 is 23.2 Å². The number of rotatable bonds is 4. The van der Waals surface area contributed by atoms with E-state index in [1.807, 2.05) is 0 Å². The molecule has 0 bridgehead atoms. The van der Waals surface area contributed by atoms with Crippen LogP contribution >= 0.6 is 11.3 Å². The first kappa shape index (κ1) is 18.3. The van der Waals surface area contributed by atoms with Gasteiger partial charge in [-0.05, 0) is 59.9 Å². The van der Waals surface area contributed by atoms with Crippen LogP contribution in [-0.4, -0.2) is 11.8 Å². The largest absolute Gasteiger partial charge is 0.279 e. The van der Waals surface area contributed by atoms with Gasteiger partial charge in [-0.1, -0.05) is 24.3 Å². The van der Waals surface area contributed by atoms with Crippen molar-refractivity contribution in [2.24, 2.45) is 5.92 Å². The number of carbonyl (C=O) groups excluding carboxylic acids is 2. The van der Waals surface area contributed by atoms with E-state index in [4.69, 9.17) is 0 Å². The Kier molecular flexibility index (Phi) is 4.92. The van der Waals surface area contributed by atoms with E-state index in [1.54, 1.807) is 36.4 Å². The topological polar surface area (TPSA) is 58.2 Å². The first-order valence-corrected chi connectivity index (χ1v) is 9.54. The summed E-state index contributed by atoms with van der Waals surface area (Å²) < 4.78 is 26.0. The number of nitrogens with one attached hydrogen (secondary N) is 2. The van der Waals surface area contributed by atoms with Crippen molar-refractivity contribution in [3.8, 4) is 10.4 Å². The molecule has 0 aliphatic heterocycles. The highest BCUT2D eigenvalue weighted by Crippen LogP contribution is 2.47. The van der Waals surface area contributed by atoms with Crippen molar-refractivity contribution in [3.63, 3.8) is 0 Å². The molecule has 1 saturated carbocycles. The third-order valence-electron chi connectivity index (χ3n) is 4.68. The number of hydrogen-bond donors (Lipinski definition) is 2. The molecule has 2 atom stereocenters. The zero-order valence-corrected chi connectivity index (χ0v) is 15.4. The normalized spacial score (nSPS) is 17.8. The standard InChI is InChI=1S/C21H16F2N2O2S/c22-14-5-1-12(2-6-14)16-11-17(16)20(26)24-25-21(27)19-10-9-18(28-19)13-3-7-15(23)8-4-13/h1-10,16-17H,11H2,(H,24,26)(H,25,27). The van der Waals surface area contributed by atoms with E-state index in [1.165, 1.54) is 35.6 Å². The van der Waals surface area contributed by atoms with E-state index in [0.717, 1.165) is 16.0 Å². The molecule has 0 saturated heterocycles. The van der Waals surface area contributed by atoms with E-state index in [-0.39, 0.29) is 29.4 Å². The molecule has 1 aliphatic carbocycles. The Morgan fingerprint density at radius 2 is 1.50 bits per heavy atom. The molecule has 142 valence electrons. The zero-order chi connectivity index (χ0) is 19.7. The van der Waals surface area contributed by atoms with E-state index in [2.05, 4.69) is 10.9 Å². The summed E-state index contributed by atoms with van der Waals surface area (Å²) >= 11 is 1.25. The van der Waals surface area contributed by atoms with E-state index in [9.17, 15) is 18.4 Å². The zero-order valence-electron chi connectivity index (χ0n) is 14.6. The lowest BCUT2D eigenvalue weighted by Crippen LogP contribution is -2.42. The molecule has 4 nitrogen and oxygen atoms in total. The molecule has 1 heterocycles. The average Bonchev–Trinajstić information content (AvgIpc) is 3.35. The van der Waals surface area contributed by atoms with Crippen LogP contribution < -0.4 is 10.9 Å². The number of benzene rings is 2. The molecule has 3 aromatic rings. The fraction of sp³-hybridized carbons (Fsp3) is 0.143. The van der Waals surface area contributed by atoms with Gasteiger partial charge in [0.05, 0.1) is 4.88 Å². The summed E-state index contributed by atoms with van der Waals surface area (Å²) in [7, 11) is 0. The Bertz CT molecular complexity index is 1020. The number of thiophene rings is 1. The van der Waals surface area contributed by atoms with Gasteiger partial charge in [0, 0.05) is 10.8 Å². The minimum Gasteiger partial charge on any atom is -0.273 e. The van der Waals surface area contributed by atoms with Gasteiger partial charge in [0.1, 0.15) is 11.6 Å². The highest BCUT2D eigenvalue weighted by Gasteiger charge is 2.44. The van der Waals surface area contributed by atoms with Gasteiger partial charge < -0.3 is 0 Å². The van der Waals surface area contributed by atoms with E-state index >= 15 is 0 Å². The maximum absolute atomic E-state index is 13.0. The Morgan fingerprint density at radius 3 is 2.18 bits per heavy atom. The fourth-order valence-electron chi connectivity index (χ4n) is 3.07. The molecule has 4 rings (SSSR count). The summed E-state index contributed by atoms with van der Waals surface area (Å²) in [6, 6.07) is 15.6. The molecule has 2 N–H and O–H groups in total. The van der Waals surface area contributed by atoms with Gasteiger partial charge in [-0.15, -0.1) is 11.3 Å². The minimum absolute atomic E-state index is 0.0457. The Morgan fingerprint density at radius 1 is 0.857 bits per heavy atom. The first-order valence-electron chi connectivity index (χ1n) is 8.73. The summed E-state index contributed by atoms with van der Waals surface area (Å²) in [5.41, 5.74) is 6.61. The monoisotopic (exact) mass is 398 g/mol. The van der Waals surface area contributed by atoms with Crippen molar-refractivity contribution in [2.45, 2.75) is 12.3 Å². The van der Waals surface area contributed by atoms with Crippen LogP contribution in [0.25, 0.3) is 10.4 Å². The summed E-state index contributed by atoms with van der Waals surface area (Å²) in [6.07, 6.45) is 0.668. The Labute approximate surface area is 164 Å². The van der Waals surface area contributed by atoms with Crippen LogP contribution in [0, 0.1) is 17.6 Å². The SMILES string of the molecule is O=C(NNC(=O)C1CC1c1ccc(F)cc1)c1ccc(-c2ccc(F)cc2)s1. The summed E-state index contributed by atoms with van der Waals surface area (Å²) in [5.74, 6) is -1.49. The Hall–Kier alpha value is -3.06. The molecule has 2 aromatic carbocycles. The number of hydrogen-bond acceptors (Lipinski definition) is 3. The summed E-state index contributed by atoms with van der Waals surface area (Å²) in [6.45, 7) is 0. The fourth-order valence-corrected chi connectivity index (χ4v) is 3.97. The van der Waals surface area contributed by atoms with Crippen LogP contribution in [0.1, 0.15) is 27.6 Å². The van der Waals surface area contributed by atoms with Crippen molar-refractivity contribution < 1.29 is 18.4 Å². The molecule has 2 amide bonds. The van der Waals surface area contributed by atoms with Crippen LogP contribution in [0.2, 0.25) is 0 Å². The number of carbonyl (C=O) groups is 2. The molecule has 28 heavy (non-hydrogen) atoms. The molecule has 1 fully saturated rings. The van der Waals surface area contributed by atoms with Crippen LogP contribution in [0.15, 0.2) is 60.7 Å². The van der Waals surface area contributed by atoms with Gasteiger partial charge in [0.2, 0.25) is 5.91 Å². The molecule has 0 radical (unpaired) electrons. The summed E-state index contributed by atoms with van der Waals surface area (Å²) in [4.78, 5) is 25.7. The van der Waals surface area contributed by atoms with Gasteiger partial charge in [-0.3, -0.25) is 20.4 Å². The molecule has 0 spiro atoms. The van der Waals surface area contributed by atoms with Crippen molar-refractivity contribution in [1.29, 1.82) is 0 Å². The predicted molar refractivity (Wildman–Crippen MR) is 103 cm³/mol. The lowest BCUT2D eigenvalue weighted by molar-refractivity contribution is -0.123. The van der Waals surface area contributed by atoms with Crippen LogP contribution in [0.4, 0.5) is 8.78 Å². The average molecular weight is 398 g/mol. The van der Waals surface area contributed by atoms with Gasteiger partial charge in [0.15, 0.2) is 0 Å². The van der Waals surface area contributed by atoms with Crippen LogP contribution in [0.5, 0.6) is 0 Å². The molecule has 2 unspecified atom stereocenters. The third kappa shape index (κ3) is 3.94. The molecular formula is C21H16F2N2O2S. The second-order valence-electron chi connectivity index (χ2n) is 6.61. The number of amides is 2. The lowest BCUT2D eigenvalue weighted by atomic mass is 10.1. The van der Waals surface area contributed by atoms with Gasteiger partial charge in [-0.25, -0.2) is 8.78 Å². The van der Waals surface area contributed by atoms with E-state index < -0.39 is 5.91 Å². The first-order chi connectivity index (χ1) is 13.5. The van der Waals surface area contributed by atoms with E-state index in [0.29, 0.717) is 11.3 Å². The lowest BCUT2D eigenvalue weighted by Gasteiger charge is -2.06. The maximum atomic E-state index is 13.0. The Balaban J connectivity index is 1.32. The maximum Gasteiger partial charge on any atom is 0.279 e. The van der Waals surface area contributed by atoms with Crippen molar-refractivity contribution in [3.05, 3.63) is 82.7 Å². The highest BCUT2D eigenvalue weighted by molar-refractivity contribution is 7.17. The quantitative estimate of drug-likeness (QED) is 0.646. The smallest absolute Gasteiger partial charge is 0.273 e. The highest BCUT2D eigenvalue weighted by atomic mass is 32.1. The van der Waals surface area contributed by atoms with Crippen molar-refractivity contribution in [1.82, 2.24) is 10.9 Å². The molecule has 1 aromatic heterocycles. The summed E-state index contributed by atoms with van der Waals surface area (Å²) in [5, 5.41) is 0. The molecular weight excluding hydrogens is 382 g/mol. The van der Waals surface area contributed by atoms with Crippen LogP contribution in [-0.2, 0) is 4.79 Å². The van der Waals surface area contributed by atoms with Gasteiger partial charge in [0.25, 0.3) is 5.91 Å². The second-order valence-corrected chi connectivity index (χ2v) is 7.70. The van der Waals surface area contributed by atoms with Gasteiger partial charge >= 0.3 is 0 Å². The van der Waals surface area contributed by atoms with Gasteiger partial charge in [-0.2, -0.15) is 0 Å². The number of halogens is 2. The second kappa shape index (κ2) is 7.52. The minimum atomic E-state index is -0.411. The number of hydrazine groups is 1. The molecule has 1 aliphatic rings. The van der Waals surface area contributed by atoms with Crippen molar-refractivity contribution in [2.75, 3.05) is 0 Å². The van der Waals surface area contributed by atoms with Crippen LogP contribution in [0.3, 0.4) is 0 Å².